The Labute approximate surface area is 179 Å². The SMILES string of the molecule is CC1(C)CC(NC(=O)N(CCO)CCO)CC(C)(CNC(=O)N(CCO)CCO)C1. The monoisotopic (exact) mass is 432 g/mol. The van der Waals surface area contributed by atoms with Gasteiger partial charge >= 0.3 is 12.1 Å². The molecule has 0 aromatic carbocycles. The fourth-order valence-electron chi connectivity index (χ4n) is 4.65. The number of carbonyl (C=O) groups excluding carboxylic acids is 2. The van der Waals surface area contributed by atoms with Crippen LogP contribution < -0.4 is 10.6 Å². The molecule has 6 N–H and O–H groups in total. The molecule has 0 bridgehead atoms. The number of rotatable bonds is 11. The summed E-state index contributed by atoms with van der Waals surface area (Å²) in [5, 5.41) is 42.5. The van der Waals surface area contributed by atoms with E-state index in [0.717, 1.165) is 12.8 Å². The lowest BCUT2D eigenvalue weighted by molar-refractivity contribution is 0.0689. The van der Waals surface area contributed by atoms with E-state index in [-0.39, 0.29) is 81.5 Å². The standard InChI is InChI=1S/C20H40N4O6/c1-19(2)12-16(22-18(30)24(6-10-27)7-11-28)13-20(3,14-19)15-21-17(29)23(4-8-25)5-9-26/h16,25-28H,4-15H2,1-3H3,(H,21,29)(H,22,30). The molecule has 2 unspecified atom stereocenters. The van der Waals surface area contributed by atoms with E-state index in [4.69, 9.17) is 20.4 Å². The summed E-state index contributed by atoms with van der Waals surface area (Å²) in [6, 6.07) is -0.751. The van der Waals surface area contributed by atoms with E-state index in [1.165, 1.54) is 9.80 Å². The van der Waals surface area contributed by atoms with Crippen molar-refractivity contribution in [3.8, 4) is 0 Å². The summed E-state index contributed by atoms with van der Waals surface area (Å²) in [6.45, 7) is 6.66. The zero-order valence-electron chi connectivity index (χ0n) is 18.6. The van der Waals surface area contributed by atoms with Crippen molar-refractivity contribution in [1.82, 2.24) is 20.4 Å². The first-order valence-electron chi connectivity index (χ1n) is 10.6. The zero-order chi connectivity index (χ0) is 22.8. The highest BCUT2D eigenvalue weighted by Crippen LogP contribution is 2.45. The van der Waals surface area contributed by atoms with Crippen LogP contribution in [0.15, 0.2) is 0 Å². The van der Waals surface area contributed by atoms with E-state index < -0.39 is 0 Å². The molecule has 10 nitrogen and oxygen atoms in total. The lowest BCUT2D eigenvalue weighted by atomic mass is 9.62. The zero-order valence-corrected chi connectivity index (χ0v) is 18.6. The van der Waals surface area contributed by atoms with Crippen LogP contribution in [0.25, 0.3) is 0 Å². The van der Waals surface area contributed by atoms with Crippen molar-refractivity contribution in [2.75, 3.05) is 59.2 Å². The molecule has 0 saturated heterocycles. The number of nitrogens with zero attached hydrogens (tertiary/aromatic N) is 2. The fraction of sp³-hybridized carbons (Fsp3) is 0.900. The molecule has 2 atom stereocenters. The summed E-state index contributed by atoms with van der Waals surface area (Å²) in [5.74, 6) is 0. The van der Waals surface area contributed by atoms with Crippen molar-refractivity contribution >= 4 is 12.1 Å². The van der Waals surface area contributed by atoms with Crippen LogP contribution in [0.3, 0.4) is 0 Å². The topological polar surface area (TPSA) is 146 Å². The highest BCUT2D eigenvalue weighted by molar-refractivity contribution is 5.75. The summed E-state index contributed by atoms with van der Waals surface area (Å²) in [5.41, 5.74) is -0.303. The van der Waals surface area contributed by atoms with Gasteiger partial charge in [-0.15, -0.1) is 0 Å². The third-order valence-electron chi connectivity index (χ3n) is 5.49. The normalized spacial score (nSPS) is 23.0. The first kappa shape index (κ1) is 26.4. The number of amides is 4. The van der Waals surface area contributed by atoms with Crippen molar-refractivity contribution in [2.45, 2.75) is 46.1 Å². The molecule has 1 aliphatic carbocycles. The minimum atomic E-state index is -0.333. The molecule has 0 aromatic rings. The molecule has 0 heterocycles. The molecule has 10 heteroatoms. The van der Waals surface area contributed by atoms with Gasteiger partial charge in [0.2, 0.25) is 0 Å². The minimum absolute atomic E-state index is 0.0512. The van der Waals surface area contributed by atoms with Gasteiger partial charge in [0.15, 0.2) is 0 Å². The lowest BCUT2D eigenvalue weighted by Crippen LogP contribution is -2.54. The predicted molar refractivity (Wildman–Crippen MR) is 113 cm³/mol. The van der Waals surface area contributed by atoms with E-state index in [1.54, 1.807) is 0 Å². The quantitative estimate of drug-likeness (QED) is 0.261. The van der Waals surface area contributed by atoms with Gasteiger partial charge in [-0.1, -0.05) is 20.8 Å². The maximum atomic E-state index is 12.6. The van der Waals surface area contributed by atoms with Gasteiger partial charge in [-0.2, -0.15) is 0 Å². The second kappa shape index (κ2) is 12.3. The van der Waals surface area contributed by atoms with Crippen LogP contribution in [0.5, 0.6) is 0 Å². The number of urea groups is 2. The van der Waals surface area contributed by atoms with Crippen LogP contribution in [0.4, 0.5) is 9.59 Å². The van der Waals surface area contributed by atoms with Crippen LogP contribution in [0.2, 0.25) is 0 Å². The van der Waals surface area contributed by atoms with Crippen molar-refractivity contribution in [2.24, 2.45) is 10.8 Å². The number of hydrogen-bond donors (Lipinski definition) is 6. The minimum Gasteiger partial charge on any atom is -0.395 e. The highest BCUT2D eigenvalue weighted by Gasteiger charge is 2.42. The largest absolute Gasteiger partial charge is 0.395 e. The van der Waals surface area contributed by atoms with Gasteiger partial charge in [-0.3, -0.25) is 0 Å². The third-order valence-corrected chi connectivity index (χ3v) is 5.49. The Balaban J connectivity index is 2.77. The van der Waals surface area contributed by atoms with E-state index in [1.807, 2.05) is 0 Å². The van der Waals surface area contributed by atoms with Gasteiger partial charge in [0.25, 0.3) is 0 Å². The third kappa shape index (κ3) is 8.63. The first-order valence-corrected chi connectivity index (χ1v) is 10.6. The van der Waals surface area contributed by atoms with Crippen molar-refractivity contribution in [3.63, 3.8) is 0 Å². The summed E-state index contributed by atoms with van der Waals surface area (Å²) < 4.78 is 0. The summed E-state index contributed by atoms with van der Waals surface area (Å²) in [4.78, 5) is 27.8. The Hall–Kier alpha value is -1.62. The second-order valence-corrected chi connectivity index (χ2v) is 9.23. The molecule has 0 spiro atoms. The Morgan fingerprint density at radius 3 is 1.77 bits per heavy atom. The molecule has 0 radical (unpaired) electrons. The Bertz CT molecular complexity index is 535. The van der Waals surface area contributed by atoms with Gasteiger partial charge < -0.3 is 40.9 Å². The van der Waals surface area contributed by atoms with Crippen LogP contribution in [-0.2, 0) is 0 Å². The van der Waals surface area contributed by atoms with E-state index in [0.29, 0.717) is 13.0 Å². The summed E-state index contributed by atoms with van der Waals surface area (Å²) in [6.07, 6.45) is 2.33. The maximum absolute atomic E-state index is 12.6. The van der Waals surface area contributed by atoms with Gasteiger partial charge in [0.05, 0.1) is 26.4 Å². The van der Waals surface area contributed by atoms with Crippen LogP contribution in [0.1, 0.15) is 40.0 Å². The number of nitrogens with one attached hydrogen (secondary N) is 2. The van der Waals surface area contributed by atoms with E-state index in [9.17, 15) is 9.59 Å². The molecule has 0 aromatic heterocycles. The molecule has 1 aliphatic rings. The van der Waals surface area contributed by atoms with E-state index >= 15 is 0 Å². The number of hydrogen-bond acceptors (Lipinski definition) is 6. The van der Waals surface area contributed by atoms with Crippen LogP contribution in [0, 0.1) is 10.8 Å². The fourth-order valence-corrected chi connectivity index (χ4v) is 4.65. The molecular formula is C20H40N4O6. The predicted octanol–water partition coefficient (Wildman–Crippen LogP) is -0.436. The average molecular weight is 433 g/mol. The van der Waals surface area contributed by atoms with Gasteiger partial charge in [0, 0.05) is 38.8 Å². The number of carbonyl (C=O) groups is 2. The molecule has 1 fully saturated rings. The highest BCUT2D eigenvalue weighted by atomic mass is 16.3. The van der Waals surface area contributed by atoms with Crippen molar-refractivity contribution < 1.29 is 30.0 Å². The van der Waals surface area contributed by atoms with Crippen molar-refractivity contribution in [3.05, 3.63) is 0 Å². The Morgan fingerprint density at radius 1 is 0.833 bits per heavy atom. The maximum Gasteiger partial charge on any atom is 0.317 e. The second-order valence-electron chi connectivity index (χ2n) is 9.23. The molecule has 30 heavy (non-hydrogen) atoms. The number of aliphatic hydroxyl groups is 4. The first-order chi connectivity index (χ1) is 14.1. The van der Waals surface area contributed by atoms with Crippen LogP contribution in [-0.4, -0.2) is 107 Å². The van der Waals surface area contributed by atoms with Crippen molar-refractivity contribution in [1.29, 1.82) is 0 Å². The molecule has 176 valence electrons. The molecule has 4 amide bonds. The smallest absolute Gasteiger partial charge is 0.317 e. The van der Waals surface area contributed by atoms with Gasteiger partial charge in [0.1, 0.15) is 0 Å². The molecular weight excluding hydrogens is 392 g/mol. The lowest BCUT2D eigenvalue weighted by Gasteiger charge is -2.47. The summed E-state index contributed by atoms with van der Waals surface area (Å²) in [7, 11) is 0. The number of aliphatic hydroxyl groups excluding tert-OH is 4. The van der Waals surface area contributed by atoms with E-state index in [2.05, 4.69) is 31.4 Å². The average Bonchev–Trinajstić information content (AvgIpc) is 2.64. The summed E-state index contributed by atoms with van der Waals surface area (Å²) >= 11 is 0. The van der Waals surface area contributed by atoms with Gasteiger partial charge in [-0.25, -0.2) is 9.59 Å². The van der Waals surface area contributed by atoms with Gasteiger partial charge in [-0.05, 0) is 30.1 Å². The molecule has 1 rings (SSSR count). The molecule has 1 saturated carbocycles. The van der Waals surface area contributed by atoms with Crippen LogP contribution >= 0.6 is 0 Å². The Morgan fingerprint density at radius 2 is 1.30 bits per heavy atom. The Kier molecular flexibility index (Phi) is 10.8. The molecule has 0 aliphatic heterocycles.